The van der Waals surface area contributed by atoms with Gasteiger partial charge < -0.3 is 79.4 Å². The number of ketones is 5. The average molecular weight is 1510 g/mol. The first-order valence-corrected chi connectivity index (χ1v) is 36.9. The minimum atomic E-state index is -1.76. The summed E-state index contributed by atoms with van der Waals surface area (Å²) in [6.07, 6.45) is 6.98. The Kier molecular flexibility index (Phi) is 35.5. The Morgan fingerprint density at radius 2 is 1.22 bits per heavy atom. The van der Waals surface area contributed by atoms with Crippen LogP contribution >= 0.6 is 0 Å². The zero-order valence-corrected chi connectivity index (χ0v) is 64.4. The summed E-state index contributed by atoms with van der Waals surface area (Å²) in [7, 11) is 1.49. The number of phenols is 1. The van der Waals surface area contributed by atoms with E-state index in [0.29, 0.717) is 67.0 Å². The lowest BCUT2D eigenvalue weighted by Crippen LogP contribution is -2.64. The number of aliphatic carboxylic acids is 1. The van der Waals surface area contributed by atoms with Gasteiger partial charge >= 0.3 is 5.97 Å². The van der Waals surface area contributed by atoms with Crippen LogP contribution in [0.1, 0.15) is 191 Å². The molecule has 0 aliphatic carbocycles. The fourth-order valence-corrected chi connectivity index (χ4v) is 12.4. The molecule has 0 radical (unpaired) electrons. The van der Waals surface area contributed by atoms with Gasteiger partial charge in [0.05, 0.1) is 35.5 Å². The number of Topliss-reactive ketones (excluding diaryl/α,β-unsaturated/α-hetero) is 5. The summed E-state index contributed by atoms with van der Waals surface area (Å²) in [5.74, 6) is -15.4. The molecule has 2 aromatic carbocycles. The molecule has 1 aliphatic rings. The number of H-pyrrole nitrogens is 1. The molecule has 594 valence electrons. The Balaban J connectivity index is 1.75. The maximum atomic E-state index is 15.0. The summed E-state index contributed by atoms with van der Waals surface area (Å²) in [6.45, 7) is 17.1. The van der Waals surface area contributed by atoms with Crippen LogP contribution in [-0.2, 0) is 89.6 Å². The van der Waals surface area contributed by atoms with Gasteiger partial charge in [0.1, 0.15) is 52.8 Å². The van der Waals surface area contributed by atoms with Gasteiger partial charge in [-0.1, -0.05) is 82.5 Å². The third-order valence-corrected chi connectivity index (χ3v) is 19.2. The predicted molar refractivity (Wildman–Crippen MR) is 401 cm³/mol. The zero-order chi connectivity index (χ0) is 81.0. The van der Waals surface area contributed by atoms with Gasteiger partial charge in [-0.3, -0.25) is 76.7 Å². The van der Waals surface area contributed by atoms with Gasteiger partial charge in [0.25, 0.3) is 0 Å². The molecule has 4 rings (SSSR count). The molecule has 1 aromatic heterocycles. The number of fused-ring (bicyclic) bond motifs is 1. The van der Waals surface area contributed by atoms with Gasteiger partial charge in [-0.05, 0) is 162 Å². The highest BCUT2D eigenvalue weighted by Gasteiger charge is 2.42. The number of hydrogen-bond acceptors (Lipinski definition) is 19. The van der Waals surface area contributed by atoms with Gasteiger partial charge in [-0.2, -0.15) is 0 Å². The molecule has 0 saturated heterocycles. The number of carboxylic acid groups (broad SMARTS) is 1. The first kappa shape index (κ1) is 90.4. The molecule has 3 unspecified atom stereocenters. The van der Waals surface area contributed by atoms with E-state index in [1.165, 1.54) is 93.6 Å². The molecule has 3 aromatic rings. The van der Waals surface area contributed by atoms with Gasteiger partial charge in [0, 0.05) is 55.7 Å². The van der Waals surface area contributed by atoms with E-state index in [1.54, 1.807) is 37.4 Å². The highest BCUT2D eigenvalue weighted by molar-refractivity contribution is 6.41. The summed E-state index contributed by atoms with van der Waals surface area (Å²) < 4.78 is 0. The zero-order valence-electron chi connectivity index (χ0n) is 64.4. The third kappa shape index (κ3) is 28.6. The maximum absolute atomic E-state index is 15.0. The summed E-state index contributed by atoms with van der Waals surface area (Å²) in [4.78, 5) is 224. The SMILES string of the molecule is CN[C@@H](C)C(=O)C(=O)[C@H](C)NC(=O)C(C)NC(=O)C(C)(C)NC(=O)[C@H](C)NC(=O)[C@]1(C)CCC/C=C/CCCCCC[C@@](C)(CC(C)=O)C(=O)N[C@@H](CCC(=O)O)C(=O)NC(Cc2ccc(O)cc2)C(=O)N[C@@H](Cc2c[nH]c3ccccc23)C(=O)NC(C)C(=O)C(=O)[C@H](CCC(N)=O)NC[C@@H](CC(C)C)C(=O)N1. The Hall–Kier alpha value is -10.0. The summed E-state index contributed by atoms with van der Waals surface area (Å²) >= 11 is 0. The number of aromatic amines is 1. The van der Waals surface area contributed by atoms with Crippen molar-refractivity contribution in [3.63, 3.8) is 0 Å². The number of hydrogen-bond donors (Lipinski definition) is 15. The van der Waals surface area contributed by atoms with E-state index in [-0.39, 0.29) is 68.9 Å². The van der Waals surface area contributed by atoms with Gasteiger partial charge in [-0.25, -0.2) is 0 Å². The van der Waals surface area contributed by atoms with E-state index in [2.05, 4.69) is 63.5 Å². The number of rotatable bonds is 26. The lowest BCUT2D eigenvalue weighted by Gasteiger charge is -2.34. The van der Waals surface area contributed by atoms with Crippen molar-refractivity contribution < 1.29 is 86.9 Å². The summed E-state index contributed by atoms with van der Waals surface area (Å²) in [6, 6.07) is 0.148. The minimum absolute atomic E-state index is 0.00600. The quantitative estimate of drug-likeness (QED) is 0.0406. The Labute approximate surface area is 630 Å². The highest BCUT2D eigenvalue weighted by atomic mass is 16.4. The first-order valence-electron chi connectivity index (χ1n) is 36.9. The third-order valence-electron chi connectivity index (χ3n) is 19.2. The molecule has 31 nitrogen and oxygen atoms in total. The average Bonchev–Trinajstić information content (AvgIpc) is 1.42. The van der Waals surface area contributed by atoms with E-state index in [0.717, 1.165) is 0 Å². The smallest absolute Gasteiger partial charge is 0.303 e. The number of carbonyl (C=O) groups is 16. The van der Waals surface area contributed by atoms with E-state index < -0.39 is 184 Å². The molecule has 2 heterocycles. The number of aromatic nitrogens is 1. The second kappa shape index (κ2) is 42.5. The largest absolute Gasteiger partial charge is 0.508 e. The maximum Gasteiger partial charge on any atom is 0.303 e. The van der Waals surface area contributed by atoms with Crippen molar-refractivity contribution in [2.24, 2.45) is 23.0 Å². The summed E-state index contributed by atoms with van der Waals surface area (Å²) in [5, 5.41) is 50.0. The number of amides is 10. The van der Waals surface area contributed by atoms with Crippen LogP contribution in [0.5, 0.6) is 5.75 Å². The molecule has 1 aliphatic heterocycles. The van der Waals surface area contributed by atoms with E-state index in [1.807, 2.05) is 26.0 Å². The van der Waals surface area contributed by atoms with Gasteiger partial charge in [-0.15, -0.1) is 0 Å². The number of allylic oxidation sites excluding steroid dienone is 2. The van der Waals surface area contributed by atoms with Crippen molar-refractivity contribution in [3.05, 3.63) is 78.0 Å². The van der Waals surface area contributed by atoms with Crippen molar-refractivity contribution in [1.82, 2.24) is 63.5 Å². The normalized spacial score (nSPS) is 23.4. The molecular weight excluding hydrogens is 1390 g/mol. The fourth-order valence-electron chi connectivity index (χ4n) is 12.4. The van der Waals surface area contributed by atoms with E-state index in [4.69, 9.17) is 5.73 Å². The standard InChI is InChI=1S/C77H113N13O18/c1-43(2)37-52-42-81-56(31-33-60(78)93)65(99)64(98)47(6)83-70(104)59(39-51-41-80-55-26-22-21-25-54(51)55)87-71(105)58(38-50-27-29-53(92)30-28-50)86-69(103)57(32-34-61(94)95)88-73(107)76(11,40-44(3)91)35-23-19-17-15-14-16-18-20-24-36-77(12,90-68(52)102)74(108)85-49(8)67(101)89-75(9,10)72(106)84-48(7)66(100)82-46(5)63(97)62(96)45(4)79-13/h16,18,21-22,25-30,41,43,45-49,52,56-59,79-81,92H,14-15,17,19-20,23-24,31-40,42H2,1-13H3,(H2,78,93)(H,82,100)(H,83,104)(H,84,106)(H,85,108)(H,86,103)(H,87,105)(H,88,107)(H,89,101)(H,90,102)(H,94,95)/b18-16+/t45-,46-,47?,48?,49-,52+,56-,57-,58?,59-,76-,77-/m0/s1. The number of likely N-dealkylation sites (N-methyl/N-ethyl adjacent to an activating group) is 1. The molecule has 0 spiro atoms. The topological polar surface area (TPSA) is 488 Å². The predicted octanol–water partition coefficient (Wildman–Crippen LogP) is 2.60. The summed E-state index contributed by atoms with van der Waals surface area (Å²) in [5.41, 5.74) is 2.28. The second-order valence-corrected chi connectivity index (χ2v) is 29.8. The van der Waals surface area contributed by atoms with Crippen molar-refractivity contribution in [1.29, 1.82) is 0 Å². The Morgan fingerprint density at radius 3 is 1.84 bits per heavy atom. The molecule has 0 fully saturated rings. The lowest BCUT2D eigenvalue weighted by molar-refractivity contribution is -0.140. The van der Waals surface area contributed by atoms with Crippen LogP contribution in [0.2, 0.25) is 0 Å². The number of aromatic hydroxyl groups is 1. The Bertz CT molecular complexity index is 3760. The lowest BCUT2D eigenvalue weighted by atomic mass is 9.79. The van der Waals surface area contributed by atoms with Crippen molar-refractivity contribution in [3.8, 4) is 5.75 Å². The van der Waals surface area contributed by atoms with Crippen LogP contribution in [-0.4, -0.2) is 188 Å². The van der Waals surface area contributed by atoms with Gasteiger partial charge in [0.15, 0.2) is 0 Å². The van der Waals surface area contributed by atoms with Crippen LogP contribution in [0, 0.1) is 17.3 Å². The number of carboxylic acids is 1. The van der Waals surface area contributed by atoms with Crippen LogP contribution in [0.25, 0.3) is 10.9 Å². The van der Waals surface area contributed by atoms with E-state index in [9.17, 15) is 86.9 Å². The molecule has 16 N–H and O–H groups in total. The van der Waals surface area contributed by atoms with Crippen molar-refractivity contribution in [2.75, 3.05) is 13.6 Å². The van der Waals surface area contributed by atoms with Gasteiger partial charge in [0.2, 0.25) is 82.2 Å². The van der Waals surface area contributed by atoms with Crippen LogP contribution in [0.15, 0.2) is 66.9 Å². The number of primary amides is 1. The van der Waals surface area contributed by atoms with Crippen LogP contribution < -0.4 is 64.2 Å². The number of benzene rings is 2. The molecule has 0 bridgehead atoms. The minimum Gasteiger partial charge on any atom is -0.508 e. The fraction of sp³-hybridized carbons (Fsp3) is 0.584. The number of para-hydroxylation sites is 1. The molecule has 31 heteroatoms. The van der Waals surface area contributed by atoms with E-state index >= 15 is 0 Å². The van der Waals surface area contributed by atoms with Crippen LogP contribution in [0.4, 0.5) is 0 Å². The molecule has 108 heavy (non-hydrogen) atoms. The Morgan fingerprint density at radius 1 is 0.639 bits per heavy atom. The highest BCUT2D eigenvalue weighted by Crippen LogP contribution is 2.31. The number of nitrogens with two attached hydrogens (primary N) is 1. The number of carbonyl (C=O) groups excluding carboxylic acids is 15. The number of phenolic OH excluding ortho intramolecular Hbond substituents is 1. The van der Waals surface area contributed by atoms with Crippen molar-refractivity contribution >= 4 is 105 Å². The number of nitrogens with one attached hydrogen (secondary N) is 12. The molecule has 0 saturated carbocycles. The van der Waals surface area contributed by atoms with Crippen LogP contribution in [0.3, 0.4) is 0 Å². The monoisotopic (exact) mass is 1510 g/mol. The van der Waals surface area contributed by atoms with Crippen molar-refractivity contribution in [2.45, 2.75) is 258 Å². The molecule has 12 atom stereocenters. The first-order chi connectivity index (χ1) is 50.6. The molecular formula is C77H113N13O18. The molecule has 10 amide bonds. The second-order valence-electron chi connectivity index (χ2n) is 29.8.